The highest BCUT2D eigenvalue weighted by Gasteiger charge is 2.51. The molecule has 0 radical (unpaired) electrons. The first-order chi connectivity index (χ1) is 16.0. The van der Waals surface area contributed by atoms with Crippen LogP contribution in [-0.2, 0) is 4.74 Å². The van der Waals surface area contributed by atoms with E-state index in [9.17, 15) is 0 Å². The van der Waals surface area contributed by atoms with Crippen molar-refractivity contribution < 1.29 is 4.74 Å². The molecule has 2 bridgehead atoms. The third-order valence-corrected chi connectivity index (χ3v) is 11.6. The van der Waals surface area contributed by atoms with Gasteiger partial charge in [0.2, 0.25) is 0 Å². The van der Waals surface area contributed by atoms with E-state index < -0.39 is 0 Å². The summed E-state index contributed by atoms with van der Waals surface area (Å²) >= 11 is 0. The van der Waals surface area contributed by atoms with E-state index >= 15 is 0 Å². The van der Waals surface area contributed by atoms with Crippen LogP contribution >= 0.6 is 0 Å². The van der Waals surface area contributed by atoms with E-state index in [1.54, 1.807) is 25.7 Å². The van der Waals surface area contributed by atoms with Crippen LogP contribution in [0.5, 0.6) is 0 Å². The fourth-order valence-corrected chi connectivity index (χ4v) is 9.40. The third kappa shape index (κ3) is 6.70. The summed E-state index contributed by atoms with van der Waals surface area (Å²) in [6, 6.07) is 0. The molecule has 6 rings (SSSR count). The highest BCUT2D eigenvalue weighted by Crippen LogP contribution is 2.62. The smallest absolute Gasteiger partial charge is 0.0614 e. The van der Waals surface area contributed by atoms with E-state index in [1.807, 2.05) is 0 Å². The zero-order chi connectivity index (χ0) is 24.8. The van der Waals surface area contributed by atoms with Crippen molar-refractivity contribution in [3.8, 4) is 0 Å². The van der Waals surface area contributed by atoms with Gasteiger partial charge < -0.3 is 4.74 Å². The van der Waals surface area contributed by atoms with E-state index in [4.69, 9.17) is 4.74 Å². The Labute approximate surface area is 221 Å². The van der Waals surface area contributed by atoms with Crippen molar-refractivity contribution >= 4 is 0 Å². The first kappa shape index (κ1) is 29.5. The first-order valence-corrected chi connectivity index (χ1v) is 15.6. The van der Waals surface area contributed by atoms with E-state index in [-0.39, 0.29) is 7.43 Å². The van der Waals surface area contributed by atoms with Crippen molar-refractivity contribution in [1.29, 1.82) is 0 Å². The van der Waals surface area contributed by atoms with Gasteiger partial charge in [-0.2, -0.15) is 0 Å². The average molecular weight is 489 g/mol. The van der Waals surface area contributed by atoms with Crippen LogP contribution in [0.3, 0.4) is 0 Å². The van der Waals surface area contributed by atoms with Crippen LogP contribution in [0.25, 0.3) is 0 Å². The fraction of sp³-hybridized carbons (Fsp3) is 1.00. The SMILES string of the molecule is C.CC(C)C1CC2OC1CC2C.CC1CC2(C1)CC(C(C)C)C2.CC1CC2CC(C(C)C)CC2C1. The van der Waals surface area contributed by atoms with Gasteiger partial charge in [-0.1, -0.05) is 69.7 Å². The molecular formula is C34H64O. The van der Waals surface area contributed by atoms with Crippen molar-refractivity contribution in [2.45, 2.75) is 146 Å². The van der Waals surface area contributed by atoms with Crippen LogP contribution < -0.4 is 0 Å². The quantitative estimate of drug-likeness (QED) is 0.384. The minimum absolute atomic E-state index is 0. The second kappa shape index (κ2) is 11.8. The van der Waals surface area contributed by atoms with Gasteiger partial charge in [0.1, 0.15) is 0 Å². The van der Waals surface area contributed by atoms with Gasteiger partial charge in [-0.25, -0.2) is 0 Å². The van der Waals surface area contributed by atoms with Crippen LogP contribution in [-0.4, -0.2) is 12.2 Å². The summed E-state index contributed by atoms with van der Waals surface area (Å²) in [4.78, 5) is 0. The molecule has 1 nitrogen and oxygen atoms in total. The van der Waals surface area contributed by atoms with E-state index in [0.29, 0.717) is 12.2 Å². The second-order valence-corrected chi connectivity index (χ2v) is 15.6. The molecule has 0 aromatic rings. The van der Waals surface area contributed by atoms with Crippen molar-refractivity contribution in [2.75, 3.05) is 0 Å². The summed E-state index contributed by atoms with van der Waals surface area (Å²) in [5, 5.41) is 0. The second-order valence-electron chi connectivity index (χ2n) is 15.6. The van der Waals surface area contributed by atoms with Crippen LogP contribution in [0.1, 0.15) is 134 Å². The van der Waals surface area contributed by atoms with Gasteiger partial charge in [-0.15, -0.1) is 0 Å². The van der Waals surface area contributed by atoms with Crippen molar-refractivity contribution in [3.63, 3.8) is 0 Å². The number of rotatable bonds is 3. The normalized spacial score (nSPS) is 47.0. The molecule has 0 aromatic carbocycles. The predicted molar refractivity (Wildman–Crippen MR) is 153 cm³/mol. The molecule has 1 heteroatoms. The number of fused-ring (bicyclic) bond motifs is 3. The minimum Gasteiger partial charge on any atom is -0.374 e. The molecule has 2 heterocycles. The molecule has 35 heavy (non-hydrogen) atoms. The third-order valence-electron chi connectivity index (χ3n) is 11.6. The lowest BCUT2D eigenvalue weighted by atomic mass is 9.47. The highest BCUT2D eigenvalue weighted by atomic mass is 16.5. The fourth-order valence-electron chi connectivity index (χ4n) is 9.40. The highest BCUT2D eigenvalue weighted by molar-refractivity contribution is 5.02. The number of ether oxygens (including phenoxy) is 1. The zero-order valence-electron chi connectivity index (χ0n) is 24.5. The van der Waals surface area contributed by atoms with E-state index in [2.05, 4.69) is 62.3 Å². The Bertz CT molecular complexity index is 619. The Balaban J connectivity index is 0.000000145. The van der Waals surface area contributed by atoms with Gasteiger partial charge >= 0.3 is 0 Å². The zero-order valence-corrected chi connectivity index (χ0v) is 24.5. The largest absolute Gasteiger partial charge is 0.374 e. The maximum absolute atomic E-state index is 5.86. The Morgan fingerprint density at radius 2 is 1.11 bits per heavy atom. The molecule has 1 spiro atoms. The van der Waals surface area contributed by atoms with Gasteiger partial charge in [-0.05, 0) is 135 Å². The summed E-state index contributed by atoms with van der Waals surface area (Å²) in [6.45, 7) is 21.3. The first-order valence-electron chi connectivity index (χ1n) is 15.6. The molecule has 0 amide bonds. The van der Waals surface area contributed by atoms with Crippen molar-refractivity contribution in [3.05, 3.63) is 0 Å². The lowest BCUT2D eigenvalue weighted by Gasteiger charge is -2.58. The lowest BCUT2D eigenvalue weighted by molar-refractivity contribution is -0.0768. The molecule has 0 N–H and O–H groups in total. The molecule has 2 saturated heterocycles. The molecule has 6 fully saturated rings. The number of hydrogen-bond donors (Lipinski definition) is 0. The van der Waals surface area contributed by atoms with Gasteiger partial charge in [0, 0.05) is 0 Å². The molecule has 206 valence electrons. The monoisotopic (exact) mass is 488 g/mol. The molecule has 6 atom stereocenters. The molecule has 0 aromatic heterocycles. The molecule has 6 unspecified atom stereocenters. The summed E-state index contributed by atoms with van der Waals surface area (Å²) in [7, 11) is 0. The molecular weight excluding hydrogens is 424 g/mol. The summed E-state index contributed by atoms with van der Waals surface area (Å²) in [5.41, 5.74) is 0.869. The van der Waals surface area contributed by atoms with Gasteiger partial charge in [0.25, 0.3) is 0 Å². The Morgan fingerprint density at radius 3 is 1.49 bits per heavy atom. The molecule has 4 aliphatic carbocycles. The van der Waals surface area contributed by atoms with Crippen LogP contribution in [0.4, 0.5) is 0 Å². The Morgan fingerprint density at radius 1 is 0.571 bits per heavy atom. The maximum atomic E-state index is 5.86. The minimum atomic E-state index is 0. The Kier molecular flexibility index (Phi) is 9.93. The van der Waals surface area contributed by atoms with Gasteiger partial charge in [-0.3, -0.25) is 0 Å². The van der Waals surface area contributed by atoms with E-state index in [0.717, 1.165) is 70.5 Å². The standard InChI is InChI=1S/C12H22.C11H20.C10H18O.CH4/c1-8(2)10-6-11-4-9(3)5-12(11)7-10;1-8(2)10-6-11(7-10)4-9(3)5-11;1-6(2)8-5-9-7(3)4-10(8)11-9;/h8-12H,4-7H2,1-3H3;8-10H,4-7H2,1-3H3;6-10H,4-5H2,1-3H3;1H4. The number of hydrogen-bond acceptors (Lipinski definition) is 1. The Hall–Kier alpha value is -0.0400. The molecule has 6 aliphatic rings. The van der Waals surface area contributed by atoms with Crippen LogP contribution in [0.15, 0.2) is 0 Å². The lowest BCUT2D eigenvalue weighted by Crippen LogP contribution is -2.48. The topological polar surface area (TPSA) is 9.23 Å². The summed E-state index contributed by atoms with van der Waals surface area (Å²) in [5.74, 6) is 10.8. The maximum Gasteiger partial charge on any atom is 0.0614 e. The van der Waals surface area contributed by atoms with E-state index in [1.165, 1.54) is 38.5 Å². The van der Waals surface area contributed by atoms with Crippen LogP contribution in [0.2, 0.25) is 0 Å². The van der Waals surface area contributed by atoms with Crippen LogP contribution in [0, 0.1) is 70.5 Å². The molecule has 4 saturated carbocycles. The summed E-state index contributed by atoms with van der Waals surface area (Å²) in [6.07, 6.45) is 16.2. The average Bonchev–Trinajstić information content (AvgIpc) is 3.43. The van der Waals surface area contributed by atoms with Gasteiger partial charge in [0.15, 0.2) is 0 Å². The van der Waals surface area contributed by atoms with Gasteiger partial charge in [0.05, 0.1) is 12.2 Å². The van der Waals surface area contributed by atoms with Crippen molar-refractivity contribution in [2.24, 2.45) is 70.5 Å². The predicted octanol–water partition coefficient (Wildman–Crippen LogP) is 10.3. The molecule has 2 aliphatic heterocycles. The van der Waals surface area contributed by atoms with Crippen molar-refractivity contribution in [1.82, 2.24) is 0 Å². The summed E-state index contributed by atoms with van der Waals surface area (Å²) < 4.78 is 5.86.